The Kier molecular flexibility index (Phi) is 6.74. The van der Waals surface area contributed by atoms with E-state index in [1.807, 2.05) is 18.2 Å². The molecule has 26 heavy (non-hydrogen) atoms. The largest absolute Gasteiger partial charge is 0.493 e. The zero-order chi connectivity index (χ0) is 18.4. The highest BCUT2D eigenvalue weighted by atomic mass is 16.5. The molecule has 1 unspecified atom stereocenters. The van der Waals surface area contributed by atoms with Gasteiger partial charge in [-0.2, -0.15) is 0 Å². The molecule has 0 bridgehead atoms. The molecule has 1 N–H and O–H groups in total. The minimum atomic E-state index is 0.102. The molecule has 6 nitrogen and oxygen atoms in total. The van der Waals surface area contributed by atoms with E-state index in [9.17, 15) is 4.79 Å². The van der Waals surface area contributed by atoms with Gasteiger partial charge in [0.25, 0.3) is 5.91 Å². The number of ether oxygens (including phenoxy) is 3. The second kappa shape index (κ2) is 9.24. The molecule has 0 spiro atoms. The van der Waals surface area contributed by atoms with Gasteiger partial charge in [-0.25, -0.2) is 0 Å². The molecular formula is C20H30N2O4. The number of rotatable bonds is 9. The summed E-state index contributed by atoms with van der Waals surface area (Å²) in [4.78, 5) is 15.3. The summed E-state index contributed by atoms with van der Waals surface area (Å²) in [6, 6.07) is 6.16. The van der Waals surface area contributed by atoms with E-state index in [1.54, 1.807) is 14.2 Å². The monoisotopic (exact) mass is 362 g/mol. The first-order valence-electron chi connectivity index (χ1n) is 9.57. The first-order chi connectivity index (χ1) is 12.7. The third-order valence-electron chi connectivity index (χ3n) is 5.00. The van der Waals surface area contributed by atoms with E-state index in [-0.39, 0.29) is 11.9 Å². The van der Waals surface area contributed by atoms with E-state index >= 15 is 0 Å². The molecule has 1 aliphatic heterocycles. The molecule has 2 fully saturated rings. The van der Waals surface area contributed by atoms with Gasteiger partial charge in [0.1, 0.15) is 0 Å². The summed E-state index contributed by atoms with van der Waals surface area (Å²) in [5.41, 5.74) is 0.671. The number of piperidine rings is 1. The van der Waals surface area contributed by atoms with Crippen LogP contribution >= 0.6 is 0 Å². The summed E-state index contributed by atoms with van der Waals surface area (Å²) < 4.78 is 16.3. The lowest BCUT2D eigenvalue weighted by atomic mass is 10.0. The van der Waals surface area contributed by atoms with E-state index < -0.39 is 0 Å². The average Bonchev–Trinajstić information content (AvgIpc) is 3.51. The molecule has 2 aliphatic rings. The first-order valence-corrected chi connectivity index (χ1v) is 9.57. The second-order valence-electron chi connectivity index (χ2n) is 7.00. The Hall–Kier alpha value is -1.79. The van der Waals surface area contributed by atoms with Crippen molar-refractivity contribution < 1.29 is 19.0 Å². The SMILES string of the molecule is COCCCOc1cc(C(=O)N(C2CC2)C2CCCNC2)ccc1OC. The lowest BCUT2D eigenvalue weighted by Crippen LogP contribution is -2.49. The third-order valence-corrected chi connectivity index (χ3v) is 5.00. The highest BCUT2D eigenvalue weighted by Crippen LogP contribution is 2.34. The maximum atomic E-state index is 13.2. The van der Waals surface area contributed by atoms with Crippen molar-refractivity contribution in [2.24, 2.45) is 0 Å². The Morgan fingerprint density at radius 1 is 1.15 bits per heavy atom. The van der Waals surface area contributed by atoms with Gasteiger partial charge in [0, 0.05) is 44.3 Å². The van der Waals surface area contributed by atoms with Crippen LogP contribution in [0, 0.1) is 0 Å². The molecule has 3 rings (SSSR count). The van der Waals surface area contributed by atoms with Crippen molar-refractivity contribution in [2.75, 3.05) is 40.5 Å². The van der Waals surface area contributed by atoms with Crippen LogP contribution in [-0.2, 0) is 4.74 Å². The Labute approximate surface area is 155 Å². The smallest absolute Gasteiger partial charge is 0.254 e. The van der Waals surface area contributed by atoms with Crippen molar-refractivity contribution in [3.8, 4) is 11.5 Å². The van der Waals surface area contributed by atoms with E-state index in [0.717, 1.165) is 45.2 Å². The highest BCUT2D eigenvalue weighted by Gasteiger charge is 2.38. The Morgan fingerprint density at radius 3 is 2.65 bits per heavy atom. The lowest BCUT2D eigenvalue weighted by molar-refractivity contribution is 0.0629. The number of amides is 1. The lowest BCUT2D eigenvalue weighted by Gasteiger charge is -2.35. The van der Waals surface area contributed by atoms with E-state index in [0.29, 0.717) is 36.3 Å². The van der Waals surface area contributed by atoms with Gasteiger partial charge in [0.05, 0.1) is 13.7 Å². The topological polar surface area (TPSA) is 60.0 Å². The number of benzene rings is 1. The van der Waals surface area contributed by atoms with Gasteiger partial charge in [0.2, 0.25) is 0 Å². The first kappa shape index (κ1) is 19.0. The Balaban J connectivity index is 1.74. The van der Waals surface area contributed by atoms with Gasteiger partial charge in [-0.05, 0) is 50.4 Å². The number of carbonyl (C=O) groups excluding carboxylic acids is 1. The predicted molar refractivity (Wildman–Crippen MR) is 100 cm³/mol. The summed E-state index contributed by atoms with van der Waals surface area (Å²) >= 11 is 0. The molecule has 0 aromatic heterocycles. The fourth-order valence-electron chi connectivity index (χ4n) is 3.51. The number of hydrogen-bond acceptors (Lipinski definition) is 5. The predicted octanol–water partition coefficient (Wildman–Crippen LogP) is 2.47. The summed E-state index contributed by atoms with van der Waals surface area (Å²) in [5.74, 6) is 1.37. The maximum absolute atomic E-state index is 13.2. The van der Waals surface area contributed by atoms with E-state index in [2.05, 4.69) is 10.2 Å². The molecular weight excluding hydrogens is 332 g/mol. The van der Waals surface area contributed by atoms with Crippen molar-refractivity contribution in [3.05, 3.63) is 23.8 Å². The number of carbonyl (C=O) groups is 1. The quantitative estimate of drug-likeness (QED) is 0.684. The molecule has 1 amide bonds. The van der Waals surface area contributed by atoms with Crippen LogP contribution in [0.1, 0.15) is 42.5 Å². The summed E-state index contributed by atoms with van der Waals surface area (Å²) in [5, 5.41) is 3.42. The van der Waals surface area contributed by atoms with Crippen LogP contribution in [-0.4, -0.2) is 63.4 Å². The molecule has 1 saturated carbocycles. The van der Waals surface area contributed by atoms with Crippen LogP contribution in [0.2, 0.25) is 0 Å². The van der Waals surface area contributed by atoms with Gasteiger partial charge >= 0.3 is 0 Å². The molecule has 1 heterocycles. The molecule has 1 aliphatic carbocycles. The zero-order valence-corrected chi connectivity index (χ0v) is 15.8. The number of hydrogen-bond donors (Lipinski definition) is 1. The standard InChI is InChI=1S/C20H30N2O4/c1-24-11-4-12-26-19-13-15(6-9-18(19)25-2)20(23)22(16-7-8-16)17-5-3-10-21-14-17/h6,9,13,16-17,21H,3-5,7-8,10-12,14H2,1-2H3. The molecule has 1 aromatic rings. The van der Waals surface area contributed by atoms with E-state index in [1.165, 1.54) is 0 Å². The molecule has 1 aromatic carbocycles. The van der Waals surface area contributed by atoms with E-state index in [4.69, 9.17) is 14.2 Å². The van der Waals surface area contributed by atoms with Crippen LogP contribution in [0.25, 0.3) is 0 Å². The van der Waals surface area contributed by atoms with Crippen LogP contribution < -0.4 is 14.8 Å². The minimum absolute atomic E-state index is 0.102. The van der Waals surface area contributed by atoms with Crippen molar-refractivity contribution >= 4 is 5.91 Å². The third kappa shape index (κ3) is 4.68. The van der Waals surface area contributed by atoms with Crippen molar-refractivity contribution in [1.82, 2.24) is 10.2 Å². The Morgan fingerprint density at radius 2 is 2.00 bits per heavy atom. The molecule has 0 radical (unpaired) electrons. The minimum Gasteiger partial charge on any atom is -0.493 e. The van der Waals surface area contributed by atoms with Crippen LogP contribution in [0.4, 0.5) is 0 Å². The van der Waals surface area contributed by atoms with Gasteiger partial charge < -0.3 is 24.4 Å². The van der Waals surface area contributed by atoms with Crippen molar-refractivity contribution in [2.45, 2.75) is 44.2 Å². The number of methoxy groups -OCH3 is 2. The fraction of sp³-hybridized carbons (Fsp3) is 0.650. The van der Waals surface area contributed by atoms with Gasteiger partial charge in [-0.1, -0.05) is 0 Å². The Bertz CT molecular complexity index is 597. The maximum Gasteiger partial charge on any atom is 0.254 e. The van der Waals surface area contributed by atoms with Crippen LogP contribution in [0.3, 0.4) is 0 Å². The molecule has 144 valence electrons. The number of nitrogens with one attached hydrogen (secondary N) is 1. The second-order valence-corrected chi connectivity index (χ2v) is 7.00. The fourth-order valence-corrected chi connectivity index (χ4v) is 3.51. The van der Waals surface area contributed by atoms with Gasteiger partial charge in [-0.3, -0.25) is 4.79 Å². The number of nitrogens with zero attached hydrogens (tertiary/aromatic N) is 1. The normalized spacial score (nSPS) is 19.8. The summed E-state index contributed by atoms with van der Waals surface area (Å²) in [6.07, 6.45) is 5.21. The summed E-state index contributed by atoms with van der Waals surface area (Å²) in [7, 11) is 3.29. The summed E-state index contributed by atoms with van der Waals surface area (Å²) in [6.45, 7) is 3.11. The highest BCUT2D eigenvalue weighted by molar-refractivity contribution is 5.95. The van der Waals surface area contributed by atoms with Crippen molar-refractivity contribution in [1.29, 1.82) is 0 Å². The van der Waals surface area contributed by atoms with Crippen molar-refractivity contribution in [3.63, 3.8) is 0 Å². The molecule has 1 atom stereocenters. The van der Waals surface area contributed by atoms with Crippen LogP contribution in [0.15, 0.2) is 18.2 Å². The molecule has 6 heteroatoms. The van der Waals surface area contributed by atoms with Crippen LogP contribution in [0.5, 0.6) is 11.5 Å². The molecule has 1 saturated heterocycles. The van der Waals surface area contributed by atoms with Gasteiger partial charge in [0.15, 0.2) is 11.5 Å². The zero-order valence-electron chi connectivity index (χ0n) is 15.8. The average molecular weight is 362 g/mol. The van der Waals surface area contributed by atoms with Gasteiger partial charge in [-0.15, -0.1) is 0 Å².